The first kappa shape index (κ1) is 17.2. The molecule has 1 saturated heterocycles. The van der Waals surface area contributed by atoms with E-state index in [2.05, 4.69) is 15.3 Å². The minimum absolute atomic E-state index is 0.133. The van der Waals surface area contributed by atoms with Gasteiger partial charge < -0.3 is 4.90 Å². The minimum atomic E-state index is -0.475. The predicted molar refractivity (Wildman–Crippen MR) is 93.2 cm³/mol. The molecule has 1 aliphatic heterocycles. The number of amides is 1. The fourth-order valence-electron chi connectivity index (χ4n) is 3.29. The van der Waals surface area contributed by atoms with Gasteiger partial charge >= 0.3 is 5.69 Å². The van der Waals surface area contributed by atoms with E-state index in [4.69, 9.17) is 5.84 Å². The lowest BCUT2D eigenvalue weighted by Crippen LogP contribution is -2.39. The molecule has 3 heterocycles. The number of carbonyl (C=O) groups excluding carboxylic acids is 1. The molecule has 0 bridgehead atoms. The molecule has 0 saturated carbocycles. The third-order valence-corrected chi connectivity index (χ3v) is 4.68. The van der Waals surface area contributed by atoms with Crippen molar-refractivity contribution in [1.29, 1.82) is 0 Å². The maximum atomic E-state index is 12.7. The molecule has 136 valence electrons. The molecule has 0 spiro atoms. The Morgan fingerprint density at radius 1 is 1.12 bits per heavy atom. The van der Waals surface area contributed by atoms with E-state index in [0.717, 1.165) is 43.3 Å². The second kappa shape index (κ2) is 6.71. The van der Waals surface area contributed by atoms with Crippen LogP contribution in [0, 0.1) is 0 Å². The zero-order chi connectivity index (χ0) is 18.1. The van der Waals surface area contributed by atoms with Crippen molar-refractivity contribution < 1.29 is 4.79 Å². The van der Waals surface area contributed by atoms with Crippen molar-refractivity contribution in [2.45, 2.75) is 32.2 Å². The Morgan fingerprint density at radius 3 is 2.36 bits per heavy atom. The van der Waals surface area contributed by atoms with Crippen LogP contribution < -0.4 is 27.4 Å². The van der Waals surface area contributed by atoms with Gasteiger partial charge in [0.1, 0.15) is 6.54 Å². The number of hydrazine groups is 1. The van der Waals surface area contributed by atoms with E-state index in [9.17, 15) is 14.4 Å². The lowest BCUT2D eigenvalue weighted by atomic mass is 10.2. The molecule has 0 aromatic carbocycles. The molecule has 0 atom stereocenters. The summed E-state index contributed by atoms with van der Waals surface area (Å²) in [6.45, 7) is 1.45. The van der Waals surface area contributed by atoms with Gasteiger partial charge in [0.05, 0.1) is 0 Å². The molecule has 25 heavy (non-hydrogen) atoms. The molecular formula is C15H23N7O3. The van der Waals surface area contributed by atoms with E-state index in [0.29, 0.717) is 5.95 Å². The summed E-state index contributed by atoms with van der Waals surface area (Å²) < 4.78 is 3.91. The highest BCUT2D eigenvalue weighted by Crippen LogP contribution is 2.22. The molecule has 0 aliphatic carbocycles. The number of nitrogens with one attached hydrogen (secondary N) is 1. The summed E-state index contributed by atoms with van der Waals surface area (Å²) in [5.74, 6) is 5.31. The van der Waals surface area contributed by atoms with Gasteiger partial charge in [-0.3, -0.25) is 28.7 Å². The molecule has 2 aromatic heterocycles. The van der Waals surface area contributed by atoms with Crippen LogP contribution in [0.15, 0.2) is 9.59 Å². The normalized spacial score (nSPS) is 15.4. The molecule has 1 fully saturated rings. The largest absolute Gasteiger partial charge is 0.342 e. The highest BCUT2D eigenvalue weighted by molar-refractivity contribution is 5.81. The molecule has 1 amide bonds. The Kier molecular flexibility index (Phi) is 4.62. The second-order valence-corrected chi connectivity index (χ2v) is 6.34. The Balaban J connectivity index is 2.28. The number of nitrogens with two attached hydrogens (primary N) is 1. The van der Waals surface area contributed by atoms with Crippen molar-refractivity contribution in [2.75, 3.05) is 18.0 Å². The average Bonchev–Trinajstić information content (AvgIpc) is 2.79. The fourth-order valence-corrected chi connectivity index (χ4v) is 3.29. The highest BCUT2D eigenvalue weighted by Gasteiger charge is 2.24. The van der Waals surface area contributed by atoms with E-state index >= 15 is 0 Å². The molecule has 2 aromatic rings. The topological polar surface area (TPSA) is 120 Å². The van der Waals surface area contributed by atoms with Gasteiger partial charge in [-0.2, -0.15) is 4.98 Å². The zero-order valence-corrected chi connectivity index (χ0v) is 14.5. The third-order valence-electron chi connectivity index (χ3n) is 4.68. The maximum Gasteiger partial charge on any atom is 0.332 e. The maximum absolute atomic E-state index is 12.7. The van der Waals surface area contributed by atoms with Gasteiger partial charge in [-0.1, -0.05) is 12.8 Å². The van der Waals surface area contributed by atoms with Crippen LogP contribution >= 0.6 is 0 Å². The van der Waals surface area contributed by atoms with Gasteiger partial charge in [-0.05, 0) is 12.8 Å². The van der Waals surface area contributed by atoms with E-state index < -0.39 is 17.2 Å². The average molecular weight is 349 g/mol. The summed E-state index contributed by atoms with van der Waals surface area (Å²) in [6.07, 6.45) is 4.31. The number of aryl methyl sites for hydroxylation is 1. The van der Waals surface area contributed by atoms with Crippen LogP contribution in [0.2, 0.25) is 0 Å². The first-order valence-electron chi connectivity index (χ1n) is 8.36. The molecule has 0 unspecified atom stereocenters. The Hall–Kier alpha value is -2.62. The number of fused-ring (bicyclic) bond motifs is 1. The minimum Gasteiger partial charge on any atom is -0.342 e. The lowest BCUT2D eigenvalue weighted by molar-refractivity contribution is -0.121. The third kappa shape index (κ3) is 2.93. The van der Waals surface area contributed by atoms with Crippen LogP contribution in [0.3, 0.4) is 0 Å². The summed E-state index contributed by atoms with van der Waals surface area (Å²) in [6, 6.07) is 0. The lowest BCUT2D eigenvalue weighted by Gasteiger charge is -2.22. The number of anilines is 1. The SMILES string of the molecule is Cn1c(=O)c2c(nc(N3CCCCCC3)n2CC(=O)NN)n(C)c1=O. The zero-order valence-electron chi connectivity index (χ0n) is 14.5. The number of rotatable bonds is 3. The Labute approximate surface area is 143 Å². The predicted octanol–water partition coefficient (Wildman–Crippen LogP) is -1.20. The molecule has 3 rings (SSSR count). The summed E-state index contributed by atoms with van der Waals surface area (Å²) in [5, 5.41) is 0. The first-order valence-corrected chi connectivity index (χ1v) is 8.36. The summed E-state index contributed by atoms with van der Waals surface area (Å²) in [7, 11) is 2.98. The van der Waals surface area contributed by atoms with E-state index in [1.54, 1.807) is 11.6 Å². The second-order valence-electron chi connectivity index (χ2n) is 6.34. The van der Waals surface area contributed by atoms with Gasteiger partial charge in [-0.15, -0.1) is 0 Å². The highest BCUT2D eigenvalue weighted by atomic mass is 16.2. The van der Waals surface area contributed by atoms with Gasteiger partial charge in [0.15, 0.2) is 11.2 Å². The van der Waals surface area contributed by atoms with Crippen molar-refractivity contribution in [3.63, 3.8) is 0 Å². The van der Waals surface area contributed by atoms with Crippen LogP contribution in [0.5, 0.6) is 0 Å². The number of imidazole rings is 1. The monoisotopic (exact) mass is 349 g/mol. The quantitative estimate of drug-likeness (QED) is 0.408. The number of aromatic nitrogens is 4. The van der Waals surface area contributed by atoms with Gasteiger partial charge in [0.2, 0.25) is 5.95 Å². The molecule has 0 radical (unpaired) electrons. The van der Waals surface area contributed by atoms with Crippen LogP contribution in [0.4, 0.5) is 5.95 Å². The van der Waals surface area contributed by atoms with Crippen molar-refractivity contribution in [3.8, 4) is 0 Å². The first-order chi connectivity index (χ1) is 12.0. The van der Waals surface area contributed by atoms with Crippen molar-refractivity contribution >= 4 is 23.0 Å². The summed E-state index contributed by atoms with van der Waals surface area (Å²) in [4.78, 5) is 43.4. The molecule has 10 nitrogen and oxygen atoms in total. The van der Waals surface area contributed by atoms with Crippen LogP contribution in [-0.2, 0) is 25.4 Å². The number of hydrogen-bond donors (Lipinski definition) is 2. The number of carbonyl (C=O) groups is 1. The smallest absolute Gasteiger partial charge is 0.332 e. The van der Waals surface area contributed by atoms with E-state index in [1.165, 1.54) is 11.6 Å². The Morgan fingerprint density at radius 2 is 1.76 bits per heavy atom. The Bertz CT molecular complexity index is 916. The molecule has 1 aliphatic rings. The molecule has 3 N–H and O–H groups in total. The van der Waals surface area contributed by atoms with Crippen molar-refractivity contribution in [1.82, 2.24) is 24.1 Å². The van der Waals surface area contributed by atoms with Crippen molar-refractivity contribution in [2.24, 2.45) is 19.9 Å². The van der Waals surface area contributed by atoms with Gasteiger partial charge in [0.25, 0.3) is 11.5 Å². The molecule has 10 heteroatoms. The standard InChI is InChI=1S/C15H23N7O3/c1-19-12-11(13(24)20(2)15(19)25)22(9-10(23)18-16)14(17-12)21-7-5-3-4-6-8-21/h3-9,16H2,1-2H3,(H,18,23). The van der Waals surface area contributed by atoms with E-state index in [1.807, 2.05) is 0 Å². The number of hydrogen-bond acceptors (Lipinski definition) is 6. The van der Waals surface area contributed by atoms with Gasteiger partial charge in [-0.25, -0.2) is 10.6 Å². The van der Waals surface area contributed by atoms with Crippen LogP contribution in [-0.4, -0.2) is 37.7 Å². The molecular weight excluding hydrogens is 326 g/mol. The fraction of sp³-hybridized carbons (Fsp3) is 0.600. The summed E-state index contributed by atoms with van der Waals surface area (Å²) >= 11 is 0. The number of nitrogens with zero attached hydrogens (tertiary/aromatic N) is 5. The van der Waals surface area contributed by atoms with Gasteiger partial charge in [0, 0.05) is 27.2 Å². The van der Waals surface area contributed by atoms with Crippen LogP contribution in [0.1, 0.15) is 25.7 Å². The van der Waals surface area contributed by atoms with Crippen LogP contribution in [0.25, 0.3) is 11.2 Å². The van der Waals surface area contributed by atoms with Crippen molar-refractivity contribution in [3.05, 3.63) is 20.8 Å². The summed E-state index contributed by atoms with van der Waals surface area (Å²) in [5.41, 5.74) is 1.66. The van der Waals surface area contributed by atoms with E-state index in [-0.39, 0.29) is 17.7 Å².